The zero-order chi connectivity index (χ0) is 19.8. The molecule has 2 amide bonds. The third kappa shape index (κ3) is 7.48. The summed E-state index contributed by atoms with van der Waals surface area (Å²) in [5.74, 6) is -0.695. The van der Waals surface area contributed by atoms with Crippen molar-refractivity contribution in [3.05, 3.63) is 0 Å². The Morgan fingerprint density at radius 1 is 1.33 bits per heavy atom. The fraction of sp³-hybridized carbons (Fsp3) is 0.812. The van der Waals surface area contributed by atoms with Gasteiger partial charge in [-0.25, -0.2) is 0 Å². The molecule has 0 aliphatic carbocycles. The zero-order valence-electron chi connectivity index (χ0n) is 15.6. The van der Waals surface area contributed by atoms with E-state index in [0.717, 1.165) is 19.4 Å². The van der Waals surface area contributed by atoms with Gasteiger partial charge in [-0.05, 0) is 25.8 Å². The first-order valence-electron chi connectivity index (χ1n) is 9.36. The van der Waals surface area contributed by atoms with Crippen LogP contribution in [0.4, 0.5) is 0 Å². The molecule has 11 nitrogen and oxygen atoms in total. The second-order valence-corrected chi connectivity index (χ2v) is 6.77. The molecule has 0 aromatic heterocycles. The molecule has 2 rings (SSSR count). The van der Waals surface area contributed by atoms with Crippen LogP contribution in [-0.4, -0.2) is 74.5 Å². The summed E-state index contributed by atoms with van der Waals surface area (Å²) in [6.07, 6.45) is 2.63. The first-order valence-corrected chi connectivity index (χ1v) is 9.36. The van der Waals surface area contributed by atoms with Crippen LogP contribution < -0.4 is 38.1 Å². The van der Waals surface area contributed by atoms with E-state index in [4.69, 9.17) is 16.2 Å². The molecule has 0 bridgehead atoms. The largest absolute Gasteiger partial charge is 0.352 e. The number of hydrogen-bond acceptors (Lipinski definition) is 9. The van der Waals surface area contributed by atoms with Crippen LogP contribution in [0.3, 0.4) is 0 Å². The molecule has 2 saturated heterocycles. The Morgan fingerprint density at radius 3 is 2.70 bits per heavy atom. The summed E-state index contributed by atoms with van der Waals surface area (Å²) in [5, 5.41) is 14.3. The first kappa shape index (κ1) is 21.7. The van der Waals surface area contributed by atoms with E-state index in [2.05, 4.69) is 26.6 Å². The summed E-state index contributed by atoms with van der Waals surface area (Å²) in [7, 11) is 0. The number of carbonyl (C=O) groups is 3. The Morgan fingerprint density at radius 2 is 2.07 bits per heavy atom. The van der Waals surface area contributed by atoms with Gasteiger partial charge in [0, 0.05) is 6.04 Å². The smallest absolute Gasteiger partial charge is 0.242 e. The minimum Gasteiger partial charge on any atom is -0.352 e. The van der Waals surface area contributed by atoms with Gasteiger partial charge < -0.3 is 31.6 Å². The van der Waals surface area contributed by atoms with Crippen molar-refractivity contribution in [2.75, 3.05) is 19.6 Å². The summed E-state index contributed by atoms with van der Waals surface area (Å²) < 4.78 is 5.48. The van der Waals surface area contributed by atoms with Crippen molar-refractivity contribution in [3.63, 3.8) is 0 Å². The van der Waals surface area contributed by atoms with Gasteiger partial charge in [0.05, 0.1) is 25.4 Å². The van der Waals surface area contributed by atoms with E-state index >= 15 is 0 Å². The van der Waals surface area contributed by atoms with E-state index in [1.807, 2.05) is 0 Å². The lowest BCUT2D eigenvalue weighted by atomic mass is 10.1. The zero-order valence-corrected chi connectivity index (χ0v) is 15.6. The Kier molecular flexibility index (Phi) is 8.54. The third-order valence-electron chi connectivity index (χ3n) is 4.53. The molecule has 2 aliphatic heterocycles. The molecule has 0 spiro atoms. The van der Waals surface area contributed by atoms with Crippen molar-refractivity contribution in [2.45, 2.75) is 62.9 Å². The van der Waals surface area contributed by atoms with Crippen LogP contribution in [0.15, 0.2) is 0 Å². The highest BCUT2D eigenvalue weighted by Gasteiger charge is 2.43. The number of hydrogen-bond donors (Lipinski definition) is 7. The number of amides is 2. The summed E-state index contributed by atoms with van der Waals surface area (Å²) in [4.78, 5) is 34.1. The lowest BCUT2D eigenvalue weighted by Crippen LogP contribution is -2.49. The van der Waals surface area contributed by atoms with Crippen molar-refractivity contribution in [1.82, 2.24) is 26.6 Å². The second-order valence-electron chi connectivity index (χ2n) is 6.77. The molecule has 9 N–H and O–H groups in total. The minimum atomic E-state index is -0.668. The van der Waals surface area contributed by atoms with Crippen molar-refractivity contribution < 1.29 is 19.1 Å². The molecule has 27 heavy (non-hydrogen) atoms. The SMILES string of the molecule is CCC(NC(=O)CNC1OC1C(N)CCCN[C@H]1NC1N)C(=O)NCC=O. The third-order valence-corrected chi connectivity index (χ3v) is 4.53. The van der Waals surface area contributed by atoms with Gasteiger partial charge >= 0.3 is 0 Å². The molecule has 2 heterocycles. The number of carbonyl (C=O) groups excluding carboxylic acids is 3. The van der Waals surface area contributed by atoms with Gasteiger partial charge in [0.2, 0.25) is 11.8 Å². The Hall–Kier alpha value is -1.63. The van der Waals surface area contributed by atoms with E-state index < -0.39 is 6.04 Å². The molecule has 0 aromatic rings. The molecule has 2 aliphatic rings. The van der Waals surface area contributed by atoms with Gasteiger partial charge in [0.25, 0.3) is 0 Å². The van der Waals surface area contributed by atoms with Gasteiger partial charge in [-0.15, -0.1) is 0 Å². The standard InChI is InChI=1S/C16H31N7O4/c1-2-10(15(26)20-6-7-24)22-11(25)8-21-16-12(27-16)9(17)4-3-5-19-14-13(18)23-14/h7,9-10,12-14,16,19,21,23H,2-6,8,17-18H2,1H3,(H,20,26)(H,22,25)/t9?,10?,12?,13?,14-,16?/m0/s1. The fourth-order valence-electron chi connectivity index (χ4n) is 2.77. The molecule has 0 saturated carbocycles. The van der Waals surface area contributed by atoms with Crippen molar-refractivity contribution in [3.8, 4) is 0 Å². The van der Waals surface area contributed by atoms with Crippen LogP contribution in [0.5, 0.6) is 0 Å². The van der Waals surface area contributed by atoms with Gasteiger partial charge in [0.15, 0.2) is 0 Å². The van der Waals surface area contributed by atoms with Crippen LogP contribution in [0.25, 0.3) is 0 Å². The maximum atomic E-state index is 12.0. The quantitative estimate of drug-likeness (QED) is 0.0901. The Balaban J connectivity index is 1.55. The summed E-state index contributed by atoms with van der Waals surface area (Å²) >= 11 is 0. The highest BCUT2D eigenvalue weighted by atomic mass is 16.6. The number of nitrogens with one attached hydrogen (secondary N) is 5. The van der Waals surface area contributed by atoms with Crippen LogP contribution in [0.1, 0.15) is 26.2 Å². The minimum absolute atomic E-state index is 0.0259. The van der Waals surface area contributed by atoms with Crippen LogP contribution in [-0.2, 0) is 19.1 Å². The lowest BCUT2D eigenvalue weighted by molar-refractivity contribution is -0.129. The average molecular weight is 385 g/mol. The highest BCUT2D eigenvalue weighted by Crippen LogP contribution is 2.23. The summed E-state index contributed by atoms with van der Waals surface area (Å²) in [5.41, 5.74) is 11.7. The van der Waals surface area contributed by atoms with Crippen molar-refractivity contribution >= 4 is 18.1 Å². The highest BCUT2D eigenvalue weighted by molar-refractivity contribution is 5.89. The molecular formula is C16H31N7O4. The predicted octanol–water partition coefficient (Wildman–Crippen LogP) is -3.58. The average Bonchev–Trinajstić information content (AvgIpc) is 3.56. The van der Waals surface area contributed by atoms with Crippen molar-refractivity contribution in [1.29, 1.82) is 0 Å². The van der Waals surface area contributed by atoms with Crippen LogP contribution in [0.2, 0.25) is 0 Å². The first-order chi connectivity index (χ1) is 13.0. The molecule has 0 radical (unpaired) electrons. The molecule has 0 aromatic carbocycles. The molecule has 2 fully saturated rings. The van der Waals surface area contributed by atoms with Crippen LogP contribution >= 0.6 is 0 Å². The monoisotopic (exact) mass is 385 g/mol. The van der Waals surface area contributed by atoms with Gasteiger partial charge in [0.1, 0.15) is 24.7 Å². The lowest BCUT2D eigenvalue weighted by Gasteiger charge is -2.16. The second kappa shape index (κ2) is 10.6. The number of epoxide rings is 1. The van der Waals surface area contributed by atoms with E-state index in [1.54, 1.807) is 6.92 Å². The number of aldehydes is 1. The number of rotatable bonds is 14. The normalized spacial score (nSPS) is 28.1. The van der Waals surface area contributed by atoms with E-state index in [1.165, 1.54) is 0 Å². The Labute approximate surface area is 158 Å². The van der Waals surface area contributed by atoms with E-state index in [-0.39, 0.29) is 55.6 Å². The maximum absolute atomic E-state index is 12.0. The summed E-state index contributed by atoms with van der Waals surface area (Å²) in [6.45, 7) is 2.56. The maximum Gasteiger partial charge on any atom is 0.242 e. The summed E-state index contributed by atoms with van der Waals surface area (Å²) in [6, 6.07) is -0.773. The Bertz CT molecular complexity index is 521. The molecule has 11 heteroatoms. The molecule has 5 unspecified atom stereocenters. The van der Waals surface area contributed by atoms with E-state index in [9.17, 15) is 14.4 Å². The van der Waals surface area contributed by atoms with Gasteiger partial charge in [-0.3, -0.25) is 25.5 Å². The number of nitrogens with two attached hydrogens (primary N) is 2. The van der Waals surface area contributed by atoms with Gasteiger partial charge in [-0.1, -0.05) is 6.92 Å². The van der Waals surface area contributed by atoms with E-state index in [0.29, 0.717) is 12.7 Å². The predicted molar refractivity (Wildman–Crippen MR) is 98.1 cm³/mol. The molecular weight excluding hydrogens is 354 g/mol. The topological polar surface area (TPSA) is 186 Å². The molecule has 154 valence electrons. The molecule has 6 atom stereocenters. The fourth-order valence-corrected chi connectivity index (χ4v) is 2.77. The van der Waals surface area contributed by atoms with Crippen molar-refractivity contribution in [2.24, 2.45) is 11.5 Å². The number of ether oxygens (including phenoxy) is 1. The van der Waals surface area contributed by atoms with Gasteiger partial charge in [-0.2, -0.15) is 0 Å². The van der Waals surface area contributed by atoms with Crippen LogP contribution in [0, 0.1) is 0 Å².